The van der Waals surface area contributed by atoms with Crippen molar-refractivity contribution < 1.29 is 4.74 Å². The van der Waals surface area contributed by atoms with Gasteiger partial charge in [0, 0.05) is 24.2 Å². The minimum absolute atomic E-state index is 0.546. The molecule has 0 aliphatic rings. The summed E-state index contributed by atoms with van der Waals surface area (Å²) in [5.74, 6) is 0.850. The van der Waals surface area contributed by atoms with Gasteiger partial charge in [0.15, 0.2) is 0 Å². The van der Waals surface area contributed by atoms with Crippen LogP contribution in [0.5, 0.6) is 5.75 Å². The van der Waals surface area contributed by atoms with Gasteiger partial charge < -0.3 is 9.72 Å². The SMILES string of the molecule is N#CCCCOc1ccc2cc[nH]c2c1. The van der Waals surface area contributed by atoms with Crippen LogP contribution in [-0.4, -0.2) is 11.6 Å². The van der Waals surface area contributed by atoms with Crippen LogP contribution in [0.2, 0.25) is 0 Å². The third-order valence-electron chi connectivity index (χ3n) is 2.23. The number of ether oxygens (including phenoxy) is 1. The van der Waals surface area contributed by atoms with Crippen molar-refractivity contribution in [2.45, 2.75) is 12.8 Å². The number of H-pyrrole nitrogens is 1. The molecule has 0 fully saturated rings. The van der Waals surface area contributed by atoms with Gasteiger partial charge in [0.05, 0.1) is 12.7 Å². The zero-order valence-corrected chi connectivity index (χ0v) is 8.36. The van der Waals surface area contributed by atoms with E-state index in [1.807, 2.05) is 30.5 Å². The third kappa shape index (κ3) is 2.29. The van der Waals surface area contributed by atoms with Crippen molar-refractivity contribution in [1.29, 1.82) is 5.26 Å². The summed E-state index contributed by atoms with van der Waals surface area (Å²) in [4.78, 5) is 3.13. The smallest absolute Gasteiger partial charge is 0.121 e. The molecule has 2 rings (SSSR count). The first kappa shape index (κ1) is 9.60. The molecule has 0 bridgehead atoms. The Morgan fingerprint density at radius 1 is 1.33 bits per heavy atom. The van der Waals surface area contributed by atoms with Gasteiger partial charge in [-0.25, -0.2) is 0 Å². The second-order valence-corrected chi connectivity index (χ2v) is 3.34. The van der Waals surface area contributed by atoms with Gasteiger partial charge >= 0.3 is 0 Å². The Hall–Kier alpha value is -1.95. The molecule has 3 nitrogen and oxygen atoms in total. The Morgan fingerprint density at radius 2 is 2.27 bits per heavy atom. The first-order valence-corrected chi connectivity index (χ1v) is 4.97. The molecule has 0 aliphatic carbocycles. The number of benzene rings is 1. The predicted molar refractivity (Wildman–Crippen MR) is 58.6 cm³/mol. The lowest BCUT2D eigenvalue weighted by molar-refractivity contribution is 0.313. The van der Waals surface area contributed by atoms with Gasteiger partial charge in [-0.05, 0) is 30.0 Å². The average molecular weight is 200 g/mol. The van der Waals surface area contributed by atoms with Crippen molar-refractivity contribution in [3.05, 3.63) is 30.5 Å². The van der Waals surface area contributed by atoms with Gasteiger partial charge in [-0.15, -0.1) is 0 Å². The maximum Gasteiger partial charge on any atom is 0.121 e. The first-order chi connectivity index (χ1) is 7.40. The molecule has 0 radical (unpaired) electrons. The Morgan fingerprint density at radius 3 is 3.13 bits per heavy atom. The molecule has 0 unspecified atom stereocenters. The summed E-state index contributed by atoms with van der Waals surface area (Å²) >= 11 is 0. The van der Waals surface area contributed by atoms with Crippen molar-refractivity contribution in [3.8, 4) is 11.8 Å². The molecule has 0 saturated carbocycles. The lowest BCUT2D eigenvalue weighted by Gasteiger charge is -2.04. The average Bonchev–Trinajstić information content (AvgIpc) is 2.71. The molecule has 0 atom stereocenters. The van der Waals surface area contributed by atoms with E-state index in [9.17, 15) is 0 Å². The van der Waals surface area contributed by atoms with Crippen molar-refractivity contribution in [2.75, 3.05) is 6.61 Å². The van der Waals surface area contributed by atoms with E-state index >= 15 is 0 Å². The summed E-state index contributed by atoms with van der Waals surface area (Å²) < 4.78 is 5.51. The monoisotopic (exact) mass is 200 g/mol. The molecule has 1 aromatic heterocycles. The number of nitrogens with one attached hydrogen (secondary N) is 1. The molecule has 1 N–H and O–H groups in total. The molecule has 76 valence electrons. The molecule has 1 aromatic carbocycles. The van der Waals surface area contributed by atoms with E-state index < -0.39 is 0 Å². The van der Waals surface area contributed by atoms with E-state index in [-0.39, 0.29) is 0 Å². The highest BCUT2D eigenvalue weighted by Gasteiger charge is 1.97. The number of unbranched alkanes of at least 4 members (excludes halogenated alkanes) is 1. The van der Waals surface area contributed by atoms with Gasteiger partial charge in [0.2, 0.25) is 0 Å². The molecule has 0 saturated heterocycles. The standard InChI is InChI=1S/C12H12N2O/c13-6-1-2-8-15-11-4-3-10-5-7-14-12(10)9-11/h3-5,7,9,14H,1-2,8H2. The normalized spacial score (nSPS) is 10.1. The molecule has 2 aromatic rings. The molecule has 0 aliphatic heterocycles. The number of aromatic nitrogens is 1. The molecule has 15 heavy (non-hydrogen) atoms. The number of aromatic amines is 1. The van der Waals surface area contributed by atoms with E-state index in [0.717, 1.165) is 17.7 Å². The fourth-order valence-electron chi connectivity index (χ4n) is 1.46. The van der Waals surface area contributed by atoms with Crippen LogP contribution in [0.3, 0.4) is 0 Å². The number of nitriles is 1. The predicted octanol–water partition coefficient (Wildman–Crippen LogP) is 2.85. The molecule has 0 spiro atoms. The number of nitrogens with zero attached hydrogens (tertiary/aromatic N) is 1. The highest BCUT2D eigenvalue weighted by Crippen LogP contribution is 2.19. The van der Waals surface area contributed by atoms with E-state index in [0.29, 0.717) is 13.0 Å². The summed E-state index contributed by atoms with van der Waals surface area (Å²) in [5, 5.41) is 9.55. The highest BCUT2D eigenvalue weighted by molar-refractivity contribution is 5.80. The van der Waals surface area contributed by atoms with E-state index in [1.165, 1.54) is 5.39 Å². The van der Waals surface area contributed by atoms with Crippen LogP contribution in [0.4, 0.5) is 0 Å². The van der Waals surface area contributed by atoms with Gasteiger partial charge in [-0.3, -0.25) is 0 Å². The van der Waals surface area contributed by atoms with Crippen molar-refractivity contribution in [3.63, 3.8) is 0 Å². The summed E-state index contributed by atoms with van der Waals surface area (Å²) in [6, 6.07) is 10.1. The van der Waals surface area contributed by atoms with Crippen molar-refractivity contribution in [2.24, 2.45) is 0 Å². The third-order valence-corrected chi connectivity index (χ3v) is 2.23. The minimum atomic E-state index is 0.546. The number of fused-ring (bicyclic) bond motifs is 1. The maximum absolute atomic E-state index is 8.37. The van der Waals surface area contributed by atoms with Crippen LogP contribution in [0.25, 0.3) is 10.9 Å². The minimum Gasteiger partial charge on any atom is -0.493 e. The quantitative estimate of drug-likeness (QED) is 0.771. The van der Waals surface area contributed by atoms with Crippen LogP contribution in [-0.2, 0) is 0 Å². The molecule has 3 heteroatoms. The summed E-state index contributed by atoms with van der Waals surface area (Å²) in [7, 11) is 0. The Bertz CT molecular complexity index is 482. The number of rotatable bonds is 4. The highest BCUT2D eigenvalue weighted by atomic mass is 16.5. The van der Waals surface area contributed by atoms with Crippen LogP contribution in [0, 0.1) is 11.3 Å². The lowest BCUT2D eigenvalue weighted by atomic mass is 10.2. The van der Waals surface area contributed by atoms with Gasteiger partial charge in [0.1, 0.15) is 5.75 Å². The van der Waals surface area contributed by atoms with Gasteiger partial charge in [-0.2, -0.15) is 5.26 Å². The van der Waals surface area contributed by atoms with Gasteiger partial charge in [-0.1, -0.05) is 0 Å². The molecular weight excluding hydrogens is 188 g/mol. The number of hydrogen-bond acceptors (Lipinski definition) is 2. The second-order valence-electron chi connectivity index (χ2n) is 3.34. The van der Waals surface area contributed by atoms with E-state index in [1.54, 1.807) is 0 Å². The van der Waals surface area contributed by atoms with Crippen molar-refractivity contribution in [1.82, 2.24) is 4.98 Å². The topological polar surface area (TPSA) is 48.8 Å². The van der Waals surface area contributed by atoms with Gasteiger partial charge in [0.25, 0.3) is 0 Å². The first-order valence-electron chi connectivity index (χ1n) is 4.97. The molecule has 0 amide bonds. The number of hydrogen-bond donors (Lipinski definition) is 1. The van der Waals surface area contributed by atoms with Crippen LogP contribution in [0.15, 0.2) is 30.5 Å². The van der Waals surface area contributed by atoms with Crippen LogP contribution in [0.1, 0.15) is 12.8 Å². The largest absolute Gasteiger partial charge is 0.493 e. The van der Waals surface area contributed by atoms with Crippen molar-refractivity contribution >= 4 is 10.9 Å². The second kappa shape index (κ2) is 4.52. The van der Waals surface area contributed by atoms with Crippen LogP contribution < -0.4 is 4.74 Å². The lowest BCUT2D eigenvalue weighted by Crippen LogP contribution is -1.96. The summed E-state index contributed by atoms with van der Waals surface area (Å²) in [6.45, 7) is 0.597. The summed E-state index contributed by atoms with van der Waals surface area (Å²) in [5.41, 5.74) is 1.08. The molecule has 1 heterocycles. The zero-order chi connectivity index (χ0) is 10.5. The summed E-state index contributed by atoms with van der Waals surface area (Å²) in [6.07, 6.45) is 3.23. The fraction of sp³-hybridized carbons (Fsp3) is 0.250. The fourth-order valence-corrected chi connectivity index (χ4v) is 1.46. The Kier molecular flexibility index (Phi) is 2.89. The Balaban J connectivity index is 1.99. The van der Waals surface area contributed by atoms with E-state index in [2.05, 4.69) is 11.1 Å². The molecular formula is C12H12N2O. The maximum atomic E-state index is 8.37. The Labute approximate surface area is 88.3 Å². The zero-order valence-electron chi connectivity index (χ0n) is 8.36. The van der Waals surface area contributed by atoms with E-state index in [4.69, 9.17) is 10.00 Å². The van der Waals surface area contributed by atoms with Crippen LogP contribution >= 0.6 is 0 Å².